The number of benzene rings is 1. The van der Waals surface area contributed by atoms with Crippen molar-refractivity contribution in [2.75, 3.05) is 26.1 Å². The molecule has 0 bridgehead atoms. The van der Waals surface area contributed by atoms with Crippen LogP contribution in [0, 0.1) is 0 Å². The molecule has 1 aromatic carbocycles. The number of rotatable bonds is 7. The van der Waals surface area contributed by atoms with Gasteiger partial charge in [-0.05, 0) is 18.9 Å². The van der Waals surface area contributed by atoms with Crippen molar-refractivity contribution in [1.82, 2.24) is 0 Å². The molecule has 0 spiro atoms. The van der Waals surface area contributed by atoms with Gasteiger partial charge >= 0.3 is 0 Å². The fraction of sp³-hybridized carbons (Fsp3) is 0.462. The van der Waals surface area contributed by atoms with Gasteiger partial charge in [0, 0.05) is 19.1 Å². The van der Waals surface area contributed by atoms with Crippen molar-refractivity contribution in [3.8, 4) is 11.5 Å². The highest BCUT2D eigenvalue weighted by Crippen LogP contribution is 2.35. The van der Waals surface area contributed by atoms with Gasteiger partial charge in [-0.15, -0.1) is 0 Å². The van der Waals surface area contributed by atoms with Gasteiger partial charge in [-0.25, -0.2) is 0 Å². The van der Waals surface area contributed by atoms with E-state index in [9.17, 15) is 4.79 Å². The van der Waals surface area contributed by atoms with Gasteiger partial charge in [-0.1, -0.05) is 11.6 Å². The SMILES string of the molecule is COc1cc(OC)c(NC(=O)CCCCO)cc1Cl. The number of anilines is 1. The van der Waals surface area contributed by atoms with Crippen LogP contribution >= 0.6 is 11.6 Å². The number of nitrogens with one attached hydrogen (secondary N) is 1. The van der Waals surface area contributed by atoms with Crippen LogP contribution in [0.15, 0.2) is 12.1 Å². The van der Waals surface area contributed by atoms with E-state index in [1.807, 2.05) is 0 Å². The number of amides is 1. The first-order chi connectivity index (χ1) is 9.12. The highest BCUT2D eigenvalue weighted by Gasteiger charge is 2.12. The van der Waals surface area contributed by atoms with Crippen molar-refractivity contribution in [2.45, 2.75) is 19.3 Å². The van der Waals surface area contributed by atoms with Gasteiger partial charge in [0.05, 0.1) is 24.9 Å². The molecule has 0 aromatic heterocycles. The number of ether oxygens (including phenoxy) is 2. The van der Waals surface area contributed by atoms with Crippen molar-refractivity contribution in [3.05, 3.63) is 17.2 Å². The fourth-order valence-corrected chi connectivity index (χ4v) is 1.81. The number of carbonyl (C=O) groups is 1. The molecule has 0 atom stereocenters. The molecule has 0 aliphatic heterocycles. The summed E-state index contributed by atoms with van der Waals surface area (Å²) in [4.78, 5) is 11.7. The first-order valence-corrected chi connectivity index (χ1v) is 6.32. The molecule has 6 heteroatoms. The van der Waals surface area contributed by atoms with Crippen LogP contribution in [0.25, 0.3) is 0 Å². The number of aliphatic hydroxyl groups excluding tert-OH is 1. The Balaban J connectivity index is 2.76. The predicted octanol–water partition coefficient (Wildman–Crippen LogP) is 2.46. The van der Waals surface area contributed by atoms with Crippen molar-refractivity contribution in [3.63, 3.8) is 0 Å². The predicted molar refractivity (Wildman–Crippen MR) is 74.1 cm³/mol. The minimum Gasteiger partial charge on any atom is -0.495 e. The molecular weight excluding hydrogens is 270 g/mol. The van der Waals surface area contributed by atoms with E-state index in [-0.39, 0.29) is 12.5 Å². The topological polar surface area (TPSA) is 67.8 Å². The smallest absolute Gasteiger partial charge is 0.224 e. The summed E-state index contributed by atoms with van der Waals surface area (Å²) in [5.74, 6) is 0.821. The summed E-state index contributed by atoms with van der Waals surface area (Å²) in [5, 5.41) is 11.8. The molecule has 0 unspecified atom stereocenters. The van der Waals surface area contributed by atoms with Crippen LogP contribution in [0.2, 0.25) is 5.02 Å². The Bertz CT molecular complexity index is 437. The molecule has 0 heterocycles. The maximum atomic E-state index is 11.7. The summed E-state index contributed by atoms with van der Waals surface area (Å²) in [7, 11) is 3.01. The lowest BCUT2D eigenvalue weighted by Crippen LogP contribution is -2.12. The van der Waals surface area contributed by atoms with Gasteiger partial charge in [0.2, 0.25) is 5.91 Å². The Morgan fingerprint density at radius 1 is 1.26 bits per heavy atom. The van der Waals surface area contributed by atoms with Crippen molar-refractivity contribution < 1.29 is 19.4 Å². The second-order valence-corrected chi connectivity index (χ2v) is 4.32. The van der Waals surface area contributed by atoms with Gasteiger partial charge < -0.3 is 19.9 Å². The number of halogens is 1. The van der Waals surface area contributed by atoms with Crippen LogP contribution in [0.3, 0.4) is 0 Å². The summed E-state index contributed by atoms with van der Waals surface area (Å²) in [5.41, 5.74) is 0.502. The van der Waals surface area contributed by atoms with Crippen LogP contribution in [0.1, 0.15) is 19.3 Å². The lowest BCUT2D eigenvalue weighted by molar-refractivity contribution is -0.116. The van der Waals surface area contributed by atoms with Crippen LogP contribution in [0.4, 0.5) is 5.69 Å². The number of hydrogen-bond acceptors (Lipinski definition) is 4. The number of carbonyl (C=O) groups excluding carboxylic acids is 1. The largest absolute Gasteiger partial charge is 0.495 e. The van der Waals surface area contributed by atoms with Gasteiger partial charge in [-0.2, -0.15) is 0 Å². The molecule has 0 aliphatic rings. The number of aliphatic hydroxyl groups is 1. The average molecular weight is 288 g/mol. The molecule has 1 aromatic rings. The molecule has 19 heavy (non-hydrogen) atoms. The zero-order chi connectivity index (χ0) is 14.3. The normalized spacial score (nSPS) is 10.1. The average Bonchev–Trinajstić information content (AvgIpc) is 2.39. The van der Waals surface area contributed by atoms with E-state index in [4.69, 9.17) is 26.2 Å². The summed E-state index contributed by atoms with van der Waals surface area (Å²) in [6.45, 7) is 0.0883. The number of methoxy groups -OCH3 is 2. The van der Waals surface area contributed by atoms with E-state index in [0.717, 1.165) is 0 Å². The molecule has 0 fully saturated rings. The number of unbranched alkanes of at least 4 members (excludes halogenated alkanes) is 1. The number of hydrogen-bond donors (Lipinski definition) is 2. The summed E-state index contributed by atoms with van der Waals surface area (Å²) >= 11 is 6.00. The molecule has 1 rings (SSSR count). The Kier molecular flexibility index (Phi) is 6.45. The minimum absolute atomic E-state index is 0.0883. The zero-order valence-electron chi connectivity index (χ0n) is 11.0. The van der Waals surface area contributed by atoms with Crippen molar-refractivity contribution in [2.24, 2.45) is 0 Å². The second-order valence-electron chi connectivity index (χ2n) is 3.92. The van der Waals surface area contributed by atoms with E-state index in [2.05, 4.69) is 5.32 Å². The van der Waals surface area contributed by atoms with E-state index < -0.39 is 0 Å². The Hall–Kier alpha value is -1.46. The molecule has 0 radical (unpaired) electrons. The zero-order valence-corrected chi connectivity index (χ0v) is 11.8. The maximum Gasteiger partial charge on any atom is 0.224 e. The van der Waals surface area contributed by atoms with Crippen LogP contribution < -0.4 is 14.8 Å². The quantitative estimate of drug-likeness (QED) is 0.756. The lowest BCUT2D eigenvalue weighted by Gasteiger charge is -2.13. The third kappa shape index (κ3) is 4.61. The molecule has 1 amide bonds. The molecule has 0 saturated heterocycles. The highest BCUT2D eigenvalue weighted by atomic mass is 35.5. The molecule has 5 nitrogen and oxygen atoms in total. The van der Waals surface area contributed by atoms with Gasteiger partial charge in [0.25, 0.3) is 0 Å². The Morgan fingerprint density at radius 3 is 2.53 bits per heavy atom. The van der Waals surface area contributed by atoms with Gasteiger partial charge in [0.1, 0.15) is 11.5 Å². The fourth-order valence-electron chi connectivity index (χ4n) is 1.57. The van der Waals surface area contributed by atoms with E-state index in [1.54, 1.807) is 12.1 Å². The third-order valence-electron chi connectivity index (χ3n) is 2.56. The van der Waals surface area contributed by atoms with Crippen molar-refractivity contribution in [1.29, 1.82) is 0 Å². The first-order valence-electron chi connectivity index (χ1n) is 5.94. The van der Waals surface area contributed by atoms with Crippen molar-refractivity contribution >= 4 is 23.2 Å². The monoisotopic (exact) mass is 287 g/mol. The standard InChI is InChI=1S/C13H18ClNO4/c1-18-11-8-12(19-2)10(7-9(11)14)15-13(17)5-3-4-6-16/h7-8,16H,3-6H2,1-2H3,(H,15,17). The van der Waals surface area contributed by atoms with E-state index in [1.165, 1.54) is 14.2 Å². The van der Waals surface area contributed by atoms with E-state index >= 15 is 0 Å². The Morgan fingerprint density at radius 2 is 1.95 bits per heavy atom. The van der Waals surface area contributed by atoms with Crippen LogP contribution in [0.5, 0.6) is 11.5 Å². The third-order valence-corrected chi connectivity index (χ3v) is 2.86. The highest BCUT2D eigenvalue weighted by molar-refractivity contribution is 6.32. The molecule has 0 saturated carbocycles. The van der Waals surface area contributed by atoms with Gasteiger partial charge in [-0.3, -0.25) is 4.79 Å². The second kappa shape index (κ2) is 7.86. The minimum atomic E-state index is -0.145. The molecule has 2 N–H and O–H groups in total. The lowest BCUT2D eigenvalue weighted by atomic mass is 10.2. The molecule has 0 aliphatic carbocycles. The van der Waals surface area contributed by atoms with Crippen LogP contribution in [-0.2, 0) is 4.79 Å². The van der Waals surface area contributed by atoms with Crippen LogP contribution in [-0.4, -0.2) is 31.8 Å². The molecule has 106 valence electrons. The maximum absolute atomic E-state index is 11.7. The van der Waals surface area contributed by atoms with Gasteiger partial charge in [0.15, 0.2) is 0 Å². The Labute approximate surface area is 117 Å². The molecular formula is C13H18ClNO4. The summed E-state index contributed by atoms with van der Waals surface area (Å²) < 4.78 is 10.3. The first kappa shape index (κ1) is 15.6. The summed E-state index contributed by atoms with van der Waals surface area (Å²) in [6.07, 6.45) is 1.58. The van der Waals surface area contributed by atoms with E-state index in [0.29, 0.717) is 41.5 Å². The summed E-state index contributed by atoms with van der Waals surface area (Å²) in [6, 6.07) is 3.20.